The van der Waals surface area contributed by atoms with Crippen molar-refractivity contribution in [3.63, 3.8) is 0 Å². The highest BCUT2D eigenvalue weighted by Gasteiger charge is 2.10. The van der Waals surface area contributed by atoms with Crippen molar-refractivity contribution in [2.24, 2.45) is 0 Å². The van der Waals surface area contributed by atoms with Gasteiger partial charge in [-0.3, -0.25) is 4.98 Å². The number of rotatable bonds is 4. The van der Waals surface area contributed by atoms with Gasteiger partial charge in [0, 0.05) is 6.20 Å². The number of pyridine rings is 1. The maximum atomic E-state index is 10.9. The lowest BCUT2D eigenvalue weighted by Crippen LogP contribution is -2.07. The van der Waals surface area contributed by atoms with Crippen LogP contribution < -0.4 is 5.32 Å². The first-order chi connectivity index (χ1) is 8.16. The molecule has 0 aliphatic heterocycles. The Hall–Kier alpha value is -2.44. The van der Waals surface area contributed by atoms with Crippen LogP contribution in [0.5, 0.6) is 0 Å². The van der Waals surface area contributed by atoms with Crippen molar-refractivity contribution in [2.75, 3.05) is 5.32 Å². The zero-order valence-electron chi connectivity index (χ0n) is 9.04. The number of carboxylic acids is 1. The van der Waals surface area contributed by atoms with Crippen LogP contribution in [0.2, 0.25) is 0 Å². The summed E-state index contributed by atoms with van der Waals surface area (Å²) in [5.41, 5.74) is 0.562. The molecule has 0 unspecified atom stereocenters. The molecule has 2 heterocycles. The molecule has 17 heavy (non-hydrogen) atoms. The second-order valence-electron chi connectivity index (χ2n) is 3.32. The van der Waals surface area contributed by atoms with E-state index in [4.69, 9.17) is 9.63 Å². The number of anilines is 1. The number of hydrogen-bond acceptors (Lipinski definition) is 6. The minimum atomic E-state index is -1.02. The Kier molecular flexibility index (Phi) is 2.99. The van der Waals surface area contributed by atoms with Gasteiger partial charge in [0.05, 0.1) is 24.0 Å². The van der Waals surface area contributed by atoms with Crippen molar-refractivity contribution in [2.45, 2.75) is 13.5 Å². The molecule has 0 saturated heterocycles. The van der Waals surface area contributed by atoms with Crippen LogP contribution >= 0.6 is 0 Å². The van der Waals surface area contributed by atoms with Gasteiger partial charge < -0.3 is 14.9 Å². The second kappa shape index (κ2) is 4.60. The number of nitrogens with one attached hydrogen (secondary N) is 1. The van der Waals surface area contributed by atoms with Crippen molar-refractivity contribution >= 4 is 11.7 Å². The molecule has 0 spiro atoms. The van der Waals surface area contributed by atoms with Crippen LogP contribution in [0.25, 0.3) is 0 Å². The molecular weight excluding hydrogens is 224 g/mol. The van der Waals surface area contributed by atoms with Crippen LogP contribution in [-0.4, -0.2) is 26.2 Å². The zero-order chi connectivity index (χ0) is 12.3. The van der Waals surface area contributed by atoms with Crippen LogP contribution in [0, 0.1) is 6.92 Å². The van der Waals surface area contributed by atoms with Gasteiger partial charge in [-0.1, -0.05) is 5.16 Å². The Morgan fingerprint density at radius 2 is 2.41 bits per heavy atom. The van der Waals surface area contributed by atoms with Gasteiger partial charge >= 0.3 is 5.97 Å². The number of aryl methyl sites for hydroxylation is 1. The standard InChI is InChI=1S/C10H10N4O3/c1-6-13-9(17-14-6)5-12-8-4-11-3-2-7(8)10(15)16/h2-4,12H,5H2,1H3,(H,15,16). The average molecular weight is 234 g/mol. The third kappa shape index (κ3) is 2.57. The van der Waals surface area contributed by atoms with E-state index in [2.05, 4.69) is 20.4 Å². The van der Waals surface area contributed by atoms with Gasteiger partial charge in [0.15, 0.2) is 5.82 Å². The topological polar surface area (TPSA) is 101 Å². The fourth-order valence-corrected chi connectivity index (χ4v) is 1.30. The first kappa shape index (κ1) is 11.1. The lowest BCUT2D eigenvalue weighted by atomic mass is 10.2. The summed E-state index contributed by atoms with van der Waals surface area (Å²) in [7, 11) is 0. The second-order valence-corrected chi connectivity index (χ2v) is 3.32. The van der Waals surface area contributed by atoms with E-state index >= 15 is 0 Å². The summed E-state index contributed by atoms with van der Waals surface area (Å²) >= 11 is 0. The maximum Gasteiger partial charge on any atom is 0.337 e. The molecule has 7 nitrogen and oxygen atoms in total. The van der Waals surface area contributed by atoms with E-state index in [1.54, 1.807) is 6.92 Å². The molecule has 2 aromatic rings. The number of aromatic nitrogens is 3. The highest BCUT2D eigenvalue weighted by Crippen LogP contribution is 2.14. The fraction of sp³-hybridized carbons (Fsp3) is 0.200. The number of nitrogens with zero attached hydrogens (tertiary/aromatic N) is 3. The molecule has 0 bridgehead atoms. The summed E-state index contributed by atoms with van der Waals surface area (Å²) in [5.74, 6) is -0.0919. The lowest BCUT2D eigenvalue weighted by Gasteiger charge is -2.05. The smallest absolute Gasteiger partial charge is 0.337 e. The molecule has 2 N–H and O–H groups in total. The maximum absolute atomic E-state index is 10.9. The molecule has 88 valence electrons. The molecule has 0 fully saturated rings. The normalized spacial score (nSPS) is 10.2. The van der Waals surface area contributed by atoms with Crippen molar-refractivity contribution in [3.8, 4) is 0 Å². The lowest BCUT2D eigenvalue weighted by molar-refractivity contribution is 0.0697. The molecule has 0 radical (unpaired) electrons. The number of hydrogen-bond donors (Lipinski definition) is 2. The van der Waals surface area contributed by atoms with Crippen molar-refractivity contribution in [1.29, 1.82) is 0 Å². The van der Waals surface area contributed by atoms with E-state index in [0.29, 0.717) is 17.4 Å². The van der Waals surface area contributed by atoms with Gasteiger partial charge in [0.1, 0.15) is 0 Å². The zero-order valence-corrected chi connectivity index (χ0v) is 9.04. The minimum Gasteiger partial charge on any atom is -0.478 e. The summed E-state index contributed by atoms with van der Waals surface area (Å²) in [5, 5.41) is 15.5. The Labute approximate surface area is 96.5 Å². The predicted molar refractivity (Wildman–Crippen MR) is 57.6 cm³/mol. The number of carbonyl (C=O) groups is 1. The minimum absolute atomic E-state index is 0.149. The Morgan fingerprint density at radius 3 is 3.06 bits per heavy atom. The molecule has 0 aliphatic rings. The van der Waals surface area contributed by atoms with Crippen molar-refractivity contribution < 1.29 is 14.4 Å². The SMILES string of the molecule is Cc1noc(CNc2cnccc2C(=O)O)n1. The van der Waals surface area contributed by atoms with E-state index in [9.17, 15) is 4.79 Å². The van der Waals surface area contributed by atoms with E-state index in [1.165, 1.54) is 18.5 Å². The quantitative estimate of drug-likeness (QED) is 0.816. The highest BCUT2D eigenvalue weighted by atomic mass is 16.5. The summed E-state index contributed by atoms with van der Waals surface area (Å²) in [6, 6.07) is 1.42. The molecule has 0 atom stereocenters. The molecule has 2 aromatic heterocycles. The van der Waals surface area contributed by atoms with E-state index in [-0.39, 0.29) is 12.1 Å². The monoisotopic (exact) mass is 234 g/mol. The molecular formula is C10H10N4O3. The van der Waals surface area contributed by atoms with Gasteiger partial charge in [0.25, 0.3) is 0 Å². The summed E-state index contributed by atoms with van der Waals surface area (Å²) in [4.78, 5) is 18.8. The van der Waals surface area contributed by atoms with E-state index in [1.807, 2.05) is 0 Å². The third-order valence-electron chi connectivity index (χ3n) is 2.05. The van der Waals surface area contributed by atoms with Crippen LogP contribution in [0.15, 0.2) is 23.0 Å². The van der Waals surface area contributed by atoms with Crippen LogP contribution in [0.3, 0.4) is 0 Å². The Morgan fingerprint density at radius 1 is 1.59 bits per heavy atom. The van der Waals surface area contributed by atoms with Crippen LogP contribution in [0.1, 0.15) is 22.1 Å². The molecule has 0 aromatic carbocycles. The largest absolute Gasteiger partial charge is 0.478 e. The number of aromatic carboxylic acids is 1. The Bertz CT molecular complexity index is 538. The first-order valence-electron chi connectivity index (χ1n) is 4.87. The fourth-order valence-electron chi connectivity index (χ4n) is 1.30. The van der Waals surface area contributed by atoms with Gasteiger partial charge in [-0.25, -0.2) is 4.79 Å². The van der Waals surface area contributed by atoms with E-state index in [0.717, 1.165) is 0 Å². The average Bonchev–Trinajstić information content (AvgIpc) is 2.73. The predicted octanol–water partition coefficient (Wildman–Crippen LogP) is 1.08. The van der Waals surface area contributed by atoms with Crippen molar-refractivity contribution in [3.05, 3.63) is 35.7 Å². The Balaban J connectivity index is 2.11. The highest BCUT2D eigenvalue weighted by molar-refractivity contribution is 5.93. The first-order valence-corrected chi connectivity index (χ1v) is 4.87. The van der Waals surface area contributed by atoms with Gasteiger partial charge in [-0.05, 0) is 13.0 Å². The van der Waals surface area contributed by atoms with Crippen LogP contribution in [0.4, 0.5) is 5.69 Å². The summed E-state index contributed by atoms with van der Waals surface area (Å²) in [6.45, 7) is 1.96. The molecule has 0 saturated carbocycles. The summed E-state index contributed by atoms with van der Waals surface area (Å²) < 4.78 is 4.89. The third-order valence-corrected chi connectivity index (χ3v) is 2.05. The molecule has 7 heteroatoms. The van der Waals surface area contributed by atoms with Gasteiger partial charge in [-0.2, -0.15) is 4.98 Å². The van der Waals surface area contributed by atoms with Gasteiger partial charge in [-0.15, -0.1) is 0 Å². The van der Waals surface area contributed by atoms with Crippen LogP contribution in [-0.2, 0) is 6.54 Å². The van der Waals surface area contributed by atoms with Crippen molar-refractivity contribution in [1.82, 2.24) is 15.1 Å². The molecule has 0 aliphatic carbocycles. The summed E-state index contributed by atoms with van der Waals surface area (Å²) in [6.07, 6.45) is 2.86. The van der Waals surface area contributed by atoms with E-state index < -0.39 is 5.97 Å². The molecule has 2 rings (SSSR count). The molecule has 0 amide bonds. The van der Waals surface area contributed by atoms with Gasteiger partial charge in [0.2, 0.25) is 5.89 Å². The number of carboxylic acid groups (broad SMARTS) is 1.